The number of nitrogens with two attached hydrogens (primary N) is 1. The Kier molecular flexibility index (Phi) is 4.97. The van der Waals surface area contributed by atoms with Crippen molar-refractivity contribution >= 4 is 45.0 Å². The number of pyridine rings is 1. The number of aromatic nitrogens is 1. The molecule has 0 fully saturated rings. The first-order valence-corrected chi connectivity index (χ1v) is 7.41. The highest BCUT2D eigenvalue weighted by molar-refractivity contribution is 9.10. The molecule has 0 aliphatic rings. The van der Waals surface area contributed by atoms with E-state index in [4.69, 9.17) is 5.73 Å². The Morgan fingerprint density at radius 2 is 2.20 bits per heavy atom. The van der Waals surface area contributed by atoms with Gasteiger partial charge in [-0.3, -0.25) is 4.79 Å². The van der Waals surface area contributed by atoms with E-state index in [0.29, 0.717) is 5.69 Å². The molecule has 0 aliphatic heterocycles. The molecule has 0 atom stereocenters. The number of rotatable bonds is 4. The van der Waals surface area contributed by atoms with E-state index < -0.39 is 5.82 Å². The summed E-state index contributed by atoms with van der Waals surface area (Å²) in [5.74, 6) is -0.492. The Balaban J connectivity index is 1.89. The first kappa shape index (κ1) is 14.8. The SMILES string of the molecule is Nc1cc(NC(=O)CSc2ccc(Br)cn2)ccc1F. The zero-order valence-corrected chi connectivity index (χ0v) is 12.7. The third-order valence-electron chi connectivity index (χ3n) is 2.33. The molecule has 0 spiro atoms. The Morgan fingerprint density at radius 1 is 1.40 bits per heavy atom. The summed E-state index contributed by atoms with van der Waals surface area (Å²) in [5, 5.41) is 3.40. The molecule has 1 heterocycles. The van der Waals surface area contributed by atoms with Gasteiger partial charge in [0.1, 0.15) is 5.82 Å². The van der Waals surface area contributed by atoms with Gasteiger partial charge in [-0.25, -0.2) is 9.37 Å². The fourth-order valence-electron chi connectivity index (χ4n) is 1.41. The van der Waals surface area contributed by atoms with Crippen LogP contribution < -0.4 is 11.1 Å². The highest BCUT2D eigenvalue weighted by atomic mass is 79.9. The Bertz CT molecular complexity index is 622. The number of thioether (sulfide) groups is 1. The van der Waals surface area contributed by atoms with E-state index in [0.717, 1.165) is 9.50 Å². The quantitative estimate of drug-likeness (QED) is 0.652. The van der Waals surface area contributed by atoms with Gasteiger partial charge in [0.2, 0.25) is 5.91 Å². The summed E-state index contributed by atoms with van der Waals surface area (Å²) < 4.78 is 13.9. The van der Waals surface area contributed by atoms with Crippen LogP contribution in [0.2, 0.25) is 0 Å². The highest BCUT2D eigenvalue weighted by Crippen LogP contribution is 2.19. The highest BCUT2D eigenvalue weighted by Gasteiger charge is 2.06. The molecule has 3 N–H and O–H groups in total. The lowest BCUT2D eigenvalue weighted by Gasteiger charge is -2.06. The number of amides is 1. The molecule has 0 saturated carbocycles. The number of nitrogen functional groups attached to an aromatic ring is 1. The van der Waals surface area contributed by atoms with Crippen LogP contribution in [0.4, 0.5) is 15.8 Å². The number of carbonyl (C=O) groups excluding carboxylic acids is 1. The van der Waals surface area contributed by atoms with Gasteiger partial charge in [0.25, 0.3) is 0 Å². The zero-order chi connectivity index (χ0) is 14.5. The van der Waals surface area contributed by atoms with E-state index in [9.17, 15) is 9.18 Å². The standard InChI is InChI=1S/C13H11BrFN3OS/c14-8-1-4-13(17-6-8)20-7-12(19)18-9-2-3-10(15)11(16)5-9/h1-6H,7,16H2,(H,18,19). The number of nitrogens with zero attached hydrogens (tertiary/aromatic N) is 1. The second-order valence-electron chi connectivity index (χ2n) is 3.89. The predicted molar refractivity (Wildman–Crippen MR) is 82.1 cm³/mol. The first-order valence-electron chi connectivity index (χ1n) is 5.64. The van der Waals surface area contributed by atoms with Crippen LogP contribution in [-0.4, -0.2) is 16.6 Å². The Hall–Kier alpha value is -1.60. The van der Waals surface area contributed by atoms with E-state index in [2.05, 4.69) is 26.2 Å². The summed E-state index contributed by atoms with van der Waals surface area (Å²) in [6.45, 7) is 0. The van der Waals surface area contributed by atoms with Crippen LogP contribution in [0, 0.1) is 5.82 Å². The molecule has 1 aromatic heterocycles. The number of anilines is 2. The summed E-state index contributed by atoms with van der Waals surface area (Å²) >= 11 is 4.60. The van der Waals surface area contributed by atoms with E-state index in [-0.39, 0.29) is 17.3 Å². The van der Waals surface area contributed by atoms with Gasteiger partial charge in [-0.15, -0.1) is 0 Å². The molecule has 2 aromatic rings. The van der Waals surface area contributed by atoms with Crippen LogP contribution in [0.3, 0.4) is 0 Å². The number of halogens is 2. The van der Waals surface area contributed by atoms with E-state index >= 15 is 0 Å². The Morgan fingerprint density at radius 3 is 2.85 bits per heavy atom. The molecule has 0 unspecified atom stereocenters. The van der Waals surface area contributed by atoms with E-state index in [1.165, 1.54) is 30.0 Å². The van der Waals surface area contributed by atoms with Crippen molar-refractivity contribution < 1.29 is 9.18 Å². The molecule has 1 aromatic carbocycles. The number of hydrogen-bond donors (Lipinski definition) is 2. The maximum Gasteiger partial charge on any atom is 0.234 e. The van der Waals surface area contributed by atoms with Crippen molar-refractivity contribution in [3.63, 3.8) is 0 Å². The smallest absolute Gasteiger partial charge is 0.234 e. The van der Waals surface area contributed by atoms with Crippen molar-refractivity contribution in [2.75, 3.05) is 16.8 Å². The number of benzene rings is 1. The number of hydrogen-bond acceptors (Lipinski definition) is 4. The van der Waals surface area contributed by atoms with Crippen LogP contribution in [-0.2, 0) is 4.79 Å². The average molecular weight is 356 g/mol. The van der Waals surface area contributed by atoms with Gasteiger partial charge in [0.05, 0.1) is 16.5 Å². The third-order valence-corrected chi connectivity index (χ3v) is 3.74. The van der Waals surface area contributed by atoms with Crippen LogP contribution >= 0.6 is 27.7 Å². The number of nitrogens with one attached hydrogen (secondary N) is 1. The minimum absolute atomic E-state index is 0.00466. The Labute approximate surface area is 128 Å². The maximum atomic E-state index is 13.0. The zero-order valence-electron chi connectivity index (χ0n) is 10.3. The van der Waals surface area contributed by atoms with Crippen molar-refractivity contribution in [1.29, 1.82) is 0 Å². The van der Waals surface area contributed by atoms with Crippen LogP contribution in [0.5, 0.6) is 0 Å². The molecule has 20 heavy (non-hydrogen) atoms. The molecule has 4 nitrogen and oxygen atoms in total. The summed E-state index contributed by atoms with van der Waals surface area (Å²) in [6, 6.07) is 7.74. The van der Waals surface area contributed by atoms with Gasteiger partial charge in [-0.1, -0.05) is 11.8 Å². The fourth-order valence-corrected chi connectivity index (χ4v) is 2.28. The normalized spacial score (nSPS) is 10.3. The van der Waals surface area contributed by atoms with Gasteiger partial charge in [0.15, 0.2) is 0 Å². The second kappa shape index (κ2) is 6.71. The first-order chi connectivity index (χ1) is 9.54. The molecule has 0 aliphatic carbocycles. The fraction of sp³-hybridized carbons (Fsp3) is 0.0769. The van der Waals surface area contributed by atoms with Crippen molar-refractivity contribution in [3.05, 3.63) is 46.8 Å². The van der Waals surface area contributed by atoms with Gasteiger partial charge < -0.3 is 11.1 Å². The summed E-state index contributed by atoms with van der Waals surface area (Å²) in [4.78, 5) is 15.9. The molecule has 7 heteroatoms. The summed E-state index contributed by atoms with van der Waals surface area (Å²) in [7, 11) is 0. The molecule has 0 bridgehead atoms. The van der Waals surface area contributed by atoms with Gasteiger partial charge >= 0.3 is 0 Å². The van der Waals surface area contributed by atoms with E-state index in [1.807, 2.05) is 12.1 Å². The van der Waals surface area contributed by atoms with Crippen LogP contribution in [0.25, 0.3) is 0 Å². The average Bonchev–Trinajstić information content (AvgIpc) is 2.42. The van der Waals surface area contributed by atoms with Crippen molar-refractivity contribution in [3.8, 4) is 0 Å². The lowest BCUT2D eigenvalue weighted by molar-refractivity contribution is -0.113. The van der Waals surface area contributed by atoms with E-state index in [1.54, 1.807) is 6.20 Å². The second-order valence-corrected chi connectivity index (χ2v) is 5.80. The summed E-state index contributed by atoms with van der Waals surface area (Å²) in [6.07, 6.45) is 1.67. The molecule has 0 saturated heterocycles. The van der Waals surface area contributed by atoms with Crippen molar-refractivity contribution in [2.24, 2.45) is 0 Å². The minimum Gasteiger partial charge on any atom is -0.396 e. The lowest BCUT2D eigenvalue weighted by atomic mass is 10.2. The minimum atomic E-state index is -0.503. The molecule has 2 rings (SSSR count). The third kappa shape index (κ3) is 4.21. The molecular formula is C13H11BrFN3OS. The molecule has 0 radical (unpaired) electrons. The van der Waals surface area contributed by atoms with Crippen LogP contribution in [0.1, 0.15) is 0 Å². The van der Waals surface area contributed by atoms with Crippen molar-refractivity contribution in [2.45, 2.75) is 5.03 Å². The largest absolute Gasteiger partial charge is 0.396 e. The van der Waals surface area contributed by atoms with Crippen LogP contribution in [0.15, 0.2) is 46.0 Å². The van der Waals surface area contributed by atoms with Gasteiger partial charge in [0, 0.05) is 16.4 Å². The van der Waals surface area contributed by atoms with Crippen molar-refractivity contribution in [1.82, 2.24) is 4.98 Å². The topological polar surface area (TPSA) is 68.0 Å². The predicted octanol–water partition coefficient (Wildman–Crippen LogP) is 3.30. The monoisotopic (exact) mass is 355 g/mol. The van der Waals surface area contributed by atoms with Gasteiger partial charge in [-0.2, -0.15) is 0 Å². The molecule has 104 valence electrons. The summed E-state index contributed by atoms with van der Waals surface area (Å²) in [5.41, 5.74) is 5.90. The maximum absolute atomic E-state index is 13.0. The van der Waals surface area contributed by atoms with Gasteiger partial charge in [-0.05, 0) is 46.3 Å². The number of carbonyl (C=O) groups is 1. The molecular weight excluding hydrogens is 345 g/mol. The molecule has 1 amide bonds. The lowest BCUT2D eigenvalue weighted by Crippen LogP contribution is -2.14.